The number of nitrogens with zero attached hydrogens (tertiary/aromatic N) is 2. The van der Waals surface area contributed by atoms with Crippen molar-refractivity contribution in [2.75, 3.05) is 19.7 Å². The van der Waals surface area contributed by atoms with E-state index in [1.807, 2.05) is 12.1 Å². The first-order valence-electron chi connectivity index (χ1n) is 5.06. The fraction of sp³-hybridized carbons (Fsp3) is 0.400. The topological polar surface area (TPSA) is 62.8 Å². The molecule has 0 radical (unpaired) electrons. The number of rotatable bonds is 1. The predicted molar refractivity (Wildman–Crippen MR) is 55.5 cm³/mol. The maximum atomic E-state index is 5.61. The number of aromatic nitrogens is 3. The molecule has 0 unspecified atom stereocenters. The summed E-state index contributed by atoms with van der Waals surface area (Å²) in [5.74, 6) is 0.857. The largest absolute Gasteiger partial charge is 0.368 e. The minimum Gasteiger partial charge on any atom is -0.368 e. The molecule has 0 aliphatic carbocycles. The maximum Gasteiger partial charge on any atom is 0.177 e. The zero-order chi connectivity index (χ0) is 10.1. The Hall–Kier alpha value is -1.46. The molecule has 3 heterocycles. The summed E-state index contributed by atoms with van der Waals surface area (Å²) in [6, 6.07) is 3.86. The van der Waals surface area contributed by atoms with E-state index in [-0.39, 0.29) is 6.10 Å². The number of nitrogens with one attached hydrogen (secondary N) is 2. The molecule has 2 aromatic rings. The van der Waals surface area contributed by atoms with E-state index in [1.54, 1.807) is 6.20 Å². The average Bonchev–Trinajstić information content (AvgIpc) is 2.74. The molecule has 5 nitrogen and oxygen atoms in total. The molecule has 0 amide bonds. The summed E-state index contributed by atoms with van der Waals surface area (Å²) in [6.45, 7) is 2.45. The molecule has 1 atom stereocenters. The third kappa shape index (κ3) is 1.60. The Balaban J connectivity index is 1.96. The van der Waals surface area contributed by atoms with E-state index in [2.05, 4.69) is 20.3 Å². The smallest absolute Gasteiger partial charge is 0.177 e. The van der Waals surface area contributed by atoms with Crippen LogP contribution in [-0.4, -0.2) is 34.6 Å². The molecule has 3 rings (SSSR count). The second kappa shape index (κ2) is 3.60. The lowest BCUT2D eigenvalue weighted by Gasteiger charge is -2.21. The highest BCUT2D eigenvalue weighted by Crippen LogP contribution is 2.18. The van der Waals surface area contributed by atoms with Crippen LogP contribution < -0.4 is 5.32 Å². The number of fused-ring (bicyclic) bond motifs is 1. The van der Waals surface area contributed by atoms with Gasteiger partial charge in [0.25, 0.3) is 0 Å². The quantitative estimate of drug-likeness (QED) is 0.714. The van der Waals surface area contributed by atoms with E-state index in [4.69, 9.17) is 4.74 Å². The normalized spacial score (nSPS) is 22.0. The van der Waals surface area contributed by atoms with Crippen LogP contribution in [0.5, 0.6) is 0 Å². The standard InChI is InChI=1S/C10H12N4O/c1-2-7-9(12-3-1)14-10(13-7)8-6-11-4-5-15-8/h1-3,8,11H,4-6H2,(H,12,13,14)/t8-/m0/s1. The summed E-state index contributed by atoms with van der Waals surface area (Å²) in [5.41, 5.74) is 1.71. The van der Waals surface area contributed by atoms with Crippen LogP contribution in [0.3, 0.4) is 0 Å². The molecule has 2 N–H and O–H groups in total. The number of hydrogen-bond acceptors (Lipinski definition) is 4. The number of aromatic amines is 1. The van der Waals surface area contributed by atoms with Gasteiger partial charge in [-0.2, -0.15) is 0 Å². The van der Waals surface area contributed by atoms with Crippen LogP contribution in [0.25, 0.3) is 11.2 Å². The number of ether oxygens (including phenoxy) is 1. The molecule has 0 spiro atoms. The number of H-pyrrole nitrogens is 1. The Morgan fingerprint density at radius 1 is 1.47 bits per heavy atom. The first-order valence-corrected chi connectivity index (χ1v) is 5.06. The summed E-state index contributed by atoms with van der Waals surface area (Å²) in [5, 5.41) is 3.27. The van der Waals surface area contributed by atoms with Gasteiger partial charge in [-0.05, 0) is 12.1 Å². The second-order valence-electron chi connectivity index (χ2n) is 3.56. The SMILES string of the molecule is c1cnc2nc([C@@H]3CNCCO3)[nH]c2c1. The molecule has 1 saturated heterocycles. The highest BCUT2D eigenvalue weighted by Gasteiger charge is 2.19. The zero-order valence-corrected chi connectivity index (χ0v) is 8.23. The molecule has 78 valence electrons. The minimum atomic E-state index is 0.0212. The van der Waals surface area contributed by atoms with Crippen LogP contribution in [0.4, 0.5) is 0 Å². The lowest BCUT2D eigenvalue weighted by Crippen LogP contribution is -2.33. The second-order valence-corrected chi connectivity index (χ2v) is 3.56. The molecule has 0 aromatic carbocycles. The van der Waals surface area contributed by atoms with Gasteiger partial charge in [0.2, 0.25) is 0 Å². The summed E-state index contributed by atoms with van der Waals surface area (Å²) in [6.07, 6.45) is 1.76. The lowest BCUT2D eigenvalue weighted by atomic mass is 10.3. The van der Waals surface area contributed by atoms with Crippen LogP contribution in [-0.2, 0) is 4.74 Å². The van der Waals surface area contributed by atoms with Crippen molar-refractivity contribution in [3.8, 4) is 0 Å². The number of pyridine rings is 1. The molecule has 0 bridgehead atoms. The molecule has 1 fully saturated rings. The zero-order valence-electron chi connectivity index (χ0n) is 8.23. The monoisotopic (exact) mass is 204 g/mol. The summed E-state index contributed by atoms with van der Waals surface area (Å²) in [4.78, 5) is 11.8. The van der Waals surface area contributed by atoms with Gasteiger partial charge in [-0.3, -0.25) is 0 Å². The molecule has 5 heteroatoms. The Kier molecular flexibility index (Phi) is 2.12. The van der Waals surface area contributed by atoms with E-state index >= 15 is 0 Å². The summed E-state index contributed by atoms with van der Waals surface area (Å²) >= 11 is 0. The summed E-state index contributed by atoms with van der Waals surface area (Å²) in [7, 11) is 0. The van der Waals surface area contributed by atoms with Crippen molar-refractivity contribution in [1.29, 1.82) is 0 Å². The van der Waals surface area contributed by atoms with Crippen molar-refractivity contribution < 1.29 is 4.74 Å². The number of imidazole rings is 1. The summed E-state index contributed by atoms with van der Waals surface area (Å²) < 4.78 is 5.61. The van der Waals surface area contributed by atoms with Gasteiger partial charge in [0.15, 0.2) is 5.65 Å². The third-order valence-electron chi connectivity index (χ3n) is 2.51. The third-order valence-corrected chi connectivity index (χ3v) is 2.51. The van der Waals surface area contributed by atoms with Gasteiger partial charge in [-0.1, -0.05) is 0 Å². The van der Waals surface area contributed by atoms with Crippen LogP contribution in [0, 0.1) is 0 Å². The van der Waals surface area contributed by atoms with Gasteiger partial charge in [0.05, 0.1) is 12.1 Å². The molecule has 1 aliphatic heterocycles. The Morgan fingerprint density at radius 3 is 3.27 bits per heavy atom. The first kappa shape index (κ1) is 8.82. The van der Waals surface area contributed by atoms with E-state index in [0.29, 0.717) is 0 Å². The highest BCUT2D eigenvalue weighted by atomic mass is 16.5. The molecule has 1 aliphatic rings. The van der Waals surface area contributed by atoms with Gasteiger partial charge in [-0.25, -0.2) is 9.97 Å². The van der Waals surface area contributed by atoms with Gasteiger partial charge in [0, 0.05) is 19.3 Å². The molecular weight excluding hydrogens is 192 g/mol. The van der Waals surface area contributed by atoms with Crippen LogP contribution in [0.15, 0.2) is 18.3 Å². The van der Waals surface area contributed by atoms with Gasteiger partial charge < -0.3 is 15.0 Å². The van der Waals surface area contributed by atoms with Crippen molar-refractivity contribution in [2.45, 2.75) is 6.10 Å². The van der Waals surface area contributed by atoms with Crippen molar-refractivity contribution in [3.05, 3.63) is 24.2 Å². The Bertz CT molecular complexity index is 428. The number of hydrogen-bond donors (Lipinski definition) is 2. The van der Waals surface area contributed by atoms with E-state index < -0.39 is 0 Å². The maximum absolute atomic E-state index is 5.61. The molecule has 0 saturated carbocycles. The fourth-order valence-corrected chi connectivity index (χ4v) is 1.76. The Labute approximate surface area is 86.9 Å². The molecular formula is C10H12N4O. The fourth-order valence-electron chi connectivity index (χ4n) is 1.76. The van der Waals surface area contributed by atoms with E-state index in [0.717, 1.165) is 36.7 Å². The predicted octanol–water partition coefficient (Wildman–Crippen LogP) is 0.619. The molecule has 15 heavy (non-hydrogen) atoms. The van der Waals surface area contributed by atoms with Crippen molar-refractivity contribution >= 4 is 11.2 Å². The average molecular weight is 204 g/mol. The van der Waals surface area contributed by atoms with Gasteiger partial charge >= 0.3 is 0 Å². The molecule has 2 aromatic heterocycles. The van der Waals surface area contributed by atoms with E-state index in [9.17, 15) is 0 Å². The van der Waals surface area contributed by atoms with E-state index in [1.165, 1.54) is 0 Å². The first-order chi connectivity index (χ1) is 7.43. The Morgan fingerprint density at radius 2 is 2.47 bits per heavy atom. The van der Waals surface area contributed by atoms with Crippen molar-refractivity contribution in [1.82, 2.24) is 20.3 Å². The van der Waals surface area contributed by atoms with Gasteiger partial charge in [0.1, 0.15) is 11.9 Å². The van der Waals surface area contributed by atoms with Crippen LogP contribution >= 0.6 is 0 Å². The van der Waals surface area contributed by atoms with Gasteiger partial charge in [-0.15, -0.1) is 0 Å². The van der Waals surface area contributed by atoms with Crippen LogP contribution in [0.1, 0.15) is 11.9 Å². The minimum absolute atomic E-state index is 0.0212. The van der Waals surface area contributed by atoms with Crippen LogP contribution in [0.2, 0.25) is 0 Å². The van der Waals surface area contributed by atoms with Crippen molar-refractivity contribution in [2.24, 2.45) is 0 Å². The highest BCUT2D eigenvalue weighted by molar-refractivity contribution is 5.69. The number of morpholine rings is 1. The lowest BCUT2D eigenvalue weighted by molar-refractivity contribution is 0.0228. The van der Waals surface area contributed by atoms with Crippen molar-refractivity contribution in [3.63, 3.8) is 0 Å².